The molecule has 0 unspecified atom stereocenters. The summed E-state index contributed by atoms with van der Waals surface area (Å²) in [7, 11) is 0. The minimum atomic E-state index is -4.58. The van der Waals surface area contributed by atoms with E-state index >= 15 is 0 Å². The second kappa shape index (κ2) is 5.81. The van der Waals surface area contributed by atoms with Gasteiger partial charge >= 0.3 is 12.2 Å². The highest BCUT2D eigenvalue weighted by Crippen LogP contribution is 2.41. The summed E-state index contributed by atoms with van der Waals surface area (Å²) in [5.41, 5.74) is -0.472. The molecule has 2 aromatic rings. The van der Waals surface area contributed by atoms with Crippen molar-refractivity contribution in [3.63, 3.8) is 0 Å². The van der Waals surface area contributed by atoms with Gasteiger partial charge in [-0.05, 0) is 31.0 Å². The first kappa shape index (κ1) is 15.7. The van der Waals surface area contributed by atoms with Crippen molar-refractivity contribution >= 4 is 17.9 Å². The van der Waals surface area contributed by atoms with Gasteiger partial charge in [-0.25, -0.2) is 0 Å². The van der Waals surface area contributed by atoms with Gasteiger partial charge in [0.1, 0.15) is 5.75 Å². The molecule has 8 heteroatoms. The van der Waals surface area contributed by atoms with E-state index in [9.17, 15) is 18.0 Å². The highest BCUT2D eigenvalue weighted by Gasteiger charge is 2.36. The van der Waals surface area contributed by atoms with Gasteiger partial charge in [0.2, 0.25) is 0 Å². The van der Waals surface area contributed by atoms with Crippen LogP contribution in [0.1, 0.15) is 40.5 Å². The summed E-state index contributed by atoms with van der Waals surface area (Å²) < 4.78 is 44.1. The van der Waals surface area contributed by atoms with Crippen LogP contribution in [0.5, 0.6) is 11.8 Å². The van der Waals surface area contributed by atoms with E-state index in [-0.39, 0.29) is 22.3 Å². The minimum absolute atomic E-state index is 0.0162. The van der Waals surface area contributed by atoms with Gasteiger partial charge < -0.3 is 4.74 Å². The Hall–Kier alpha value is -2.15. The van der Waals surface area contributed by atoms with Gasteiger partial charge in [0.15, 0.2) is 12.0 Å². The zero-order chi connectivity index (χ0) is 16.6. The molecule has 1 fully saturated rings. The summed E-state index contributed by atoms with van der Waals surface area (Å²) in [4.78, 5) is 18.1. The number of alkyl halides is 3. The van der Waals surface area contributed by atoms with Crippen LogP contribution in [-0.4, -0.2) is 16.3 Å². The van der Waals surface area contributed by atoms with Crippen molar-refractivity contribution in [1.82, 2.24) is 9.97 Å². The maximum atomic E-state index is 12.9. The van der Waals surface area contributed by atoms with Crippen molar-refractivity contribution in [2.75, 3.05) is 0 Å². The Bertz CT molecular complexity index is 761. The summed E-state index contributed by atoms with van der Waals surface area (Å²) >= 11 is 5.86. The van der Waals surface area contributed by atoms with Gasteiger partial charge in [0.25, 0.3) is 0 Å². The Morgan fingerprint density at radius 1 is 1.22 bits per heavy atom. The average Bonchev–Trinajstić information content (AvgIpc) is 3.31. The number of halogens is 4. The van der Waals surface area contributed by atoms with Crippen molar-refractivity contribution in [3.8, 4) is 11.8 Å². The molecular formula is C15H10ClF3N2O2. The lowest BCUT2D eigenvalue weighted by Crippen LogP contribution is -2.11. The largest absolute Gasteiger partial charge is 0.433 e. The molecule has 0 amide bonds. The van der Waals surface area contributed by atoms with Gasteiger partial charge in [0, 0.05) is 17.5 Å². The molecule has 1 aliphatic carbocycles. The maximum absolute atomic E-state index is 12.9. The first-order chi connectivity index (χ1) is 10.9. The molecule has 0 aliphatic heterocycles. The third-order valence-electron chi connectivity index (χ3n) is 3.32. The lowest BCUT2D eigenvalue weighted by atomic mass is 10.2. The zero-order valence-corrected chi connectivity index (χ0v) is 12.4. The molecule has 3 rings (SSSR count). The number of ether oxygens (including phenoxy) is 1. The molecule has 0 atom stereocenters. The monoisotopic (exact) mass is 342 g/mol. The van der Waals surface area contributed by atoms with E-state index < -0.39 is 17.9 Å². The van der Waals surface area contributed by atoms with Gasteiger partial charge in [-0.3, -0.25) is 4.79 Å². The van der Waals surface area contributed by atoms with Gasteiger partial charge in [-0.15, -0.1) is 0 Å². The summed E-state index contributed by atoms with van der Waals surface area (Å²) in [5.74, 6) is 0.171. The average molecular weight is 343 g/mol. The van der Waals surface area contributed by atoms with Crippen LogP contribution in [0, 0.1) is 0 Å². The van der Waals surface area contributed by atoms with E-state index in [4.69, 9.17) is 16.3 Å². The van der Waals surface area contributed by atoms with Crippen LogP contribution >= 0.6 is 11.6 Å². The third kappa shape index (κ3) is 3.61. The summed E-state index contributed by atoms with van der Waals surface area (Å²) in [5, 5.41) is 0.131. The lowest BCUT2D eigenvalue weighted by Gasteiger charge is -2.11. The molecule has 0 bridgehead atoms. The fourth-order valence-corrected chi connectivity index (χ4v) is 2.21. The fourth-order valence-electron chi connectivity index (χ4n) is 1.99. The van der Waals surface area contributed by atoms with Crippen molar-refractivity contribution in [2.24, 2.45) is 0 Å². The number of carbonyl (C=O) groups excluding carboxylic acids is 1. The normalized spacial score (nSPS) is 14.6. The molecule has 1 heterocycles. The quantitative estimate of drug-likeness (QED) is 0.760. The van der Waals surface area contributed by atoms with E-state index in [2.05, 4.69) is 9.97 Å². The van der Waals surface area contributed by atoms with Gasteiger partial charge in [-0.2, -0.15) is 23.1 Å². The second-order valence-electron chi connectivity index (χ2n) is 5.14. The Balaban J connectivity index is 1.94. The Kier molecular flexibility index (Phi) is 3.97. The predicted octanol–water partition coefficient (Wildman–Crippen LogP) is 4.63. The lowest BCUT2D eigenvalue weighted by molar-refractivity contribution is -0.141. The van der Waals surface area contributed by atoms with E-state index in [1.807, 2.05) is 0 Å². The highest BCUT2D eigenvalue weighted by atomic mass is 35.5. The minimum Gasteiger partial charge on any atom is -0.424 e. The van der Waals surface area contributed by atoms with E-state index in [1.165, 1.54) is 18.2 Å². The van der Waals surface area contributed by atoms with Crippen molar-refractivity contribution in [2.45, 2.75) is 24.9 Å². The number of rotatable bonds is 4. The van der Waals surface area contributed by atoms with E-state index in [0.29, 0.717) is 12.0 Å². The summed E-state index contributed by atoms with van der Waals surface area (Å²) in [6.07, 6.45) is -2.41. The molecule has 0 spiro atoms. The standard InChI is InChI=1S/C15H10ClF3N2O2/c16-11-5-10(4-3-9(11)7-22)23-14-20-12(8-1-2-8)6-13(21-14)15(17,18)19/h3-8H,1-2H2. The van der Waals surface area contributed by atoms with Crippen molar-refractivity contribution < 1.29 is 22.7 Å². The van der Waals surface area contributed by atoms with Crippen molar-refractivity contribution in [1.29, 1.82) is 0 Å². The molecule has 0 N–H and O–H groups in total. The number of aromatic nitrogens is 2. The zero-order valence-electron chi connectivity index (χ0n) is 11.6. The number of benzene rings is 1. The number of hydrogen-bond donors (Lipinski definition) is 0. The van der Waals surface area contributed by atoms with Crippen LogP contribution in [0.15, 0.2) is 24.3 Å². The molecule has 1 aromatic carbocycles. The Morgan fingerprint density at radius 3 is 2.52 bits per heavy atom. The van der Waals surface area contributed by atoms with Crippen LogP contribution < -0.4 is 4.74 Å². The van der Waals surface area contributed by atoms with Gasteiger partial charge in [0.05, 0.1) is 10.7 Å². The Labute approximate surface area is 134 Å². The summed E-state index contributed by atoms with van der Waals surface area (Å²) in [6, 6.07) is 4.70. The van der Waals surface area contributed by atoms with Crippen LogP contribution in [-0.2, 0) is 6.18 Å². The molecule has 4 nitrogen and oxygen atoms in total. The second-order valence-corrected chi connectivity index (χ2v) is 5.54. The smallest absolute Gasteiger partial charge is 0.424 e. The molecule has 1 saturated carbocycles. The molecule has 1 aromatic heterocycles. The molecule has 1 aliphatic rings. The van der Waals surface area contributed by atoms with E-state index in [0.717, 1.165) is 18.9 Å². The topological polar surface area (TPSA) is 52.1 Å². The molecule has 120 valence electrons. The van der Waals surface area contributed by atoms with E-state index in [1.54, 1.807) is 0 Å². The first-order valence-corrected chi connectivity index (χ1v) is 7.13. The van der Waals surface area contributed by atoms with Crippen LogP contribution in [0.4, 0.5) is 13.2 Å². The molecule has 23 heavy (non-hydrogen) atoms. The fraction of sp³-hybridized carbons (Fsp3) is 0.267. The first-order valence-electron chi connectivity index (χ1n) is 6.75. The van der Waals surface area contributed by atoms with Gasteiger partial charge in [-0.1, -0.05) is 11.6 Å². The number of carbonyl (C=O) groups is 1. The summed E-state index contributed by atoms with van der Waals surface area (Å²) in [6.45, 7) is 0. The van der Waals surface area contributed by atoms with Crippen LogP contribution in [0.25, 0.3) is 0 Å². The maximum Gasteiger partial charge on any atom is 0.433 e. The number of nitrogens with zero attached hydrogens (tertiary/aromatic N) is 2. The third-order valence-corrected chi connectivity index (χ3v) is 3.65. The van der Waals surface area contributed by atoms with Crippen LogP contribution in [0.2, 0.25) is 5.02 Å². The number of hydrogen-bond acceptors (Lipinski definition) is 4. The van der Waals surface area contributed by atoms with Crippen LogP contribution in [0.3, 0.4) is 0 Å². The Morgan fingerprint density at radius 2 is 1.96 bits per heavy atom. The molecule has 0 saturated heterocycles. The molecule has 0 radical (unpaired) electrons. The SMILES string of the molecule is O=Cc1ccc(Oc2nc(C3CC3)cc(C(F)(F)F)n2)cc1Cl. The number of aldehydes is 1. The predicted molar refractivity (Wildman–Crippen MR) is 75.9 cm³/mol. The highest BCUT2D eigenvalue weighted by molar-refractivity contribution is 6.33. The van der Waals surface area contributed by atoms with Crippen molar-refractivity contribution in [3.05, 3.63) is 46.2 Å². The molecular weight excluding hydrogens is 333 g/mol.